The molecule has 0 aliphatic carbocycles. The van der Waals surface area contributed by atoms with Gasteiger partial charge in [-0.3, -0.25) is 33.6 Å². The smallest absolute Gasteiger partial charge is 0.355 e. The first-order chi connectivity index (χ1) is 25.1. The van der Waals surface area contributed by atoms with Crippen LogP contribution in [0.25, 0.3) is 22.3 Å². The third kappa shape index (κ3) is 8.17. The van der Waals surface area contributed by atoms with Gasteiger partial charge in [-0.25, -0.2) is 9.78 Å². The van der Waals surface area contributed by atoms with E-state index in [-0.39, 0.29) is 49.3 Å². The van der Waals surface area contributed by atoms with Crippen molar-refractivity contribution in [2.24, 2.45) is 0 Å². The van der Waals surface area contributed by atoms with Crippen LogP contribution in [0.3, 0.4) is 0 Å². The number of hydrogen-bond donors (Lipinski definition) is 4. The number of pyridine rings is 2. The van der Waals surface area contributed by atoms with Gasteiger partial charge in [0.2, 0.25) is 17.4 Å². The molecule has 1 aromatic carbocycles. The molecule has 2 aliphatic rings. The van der Waals surface area contributed by atoms with Crippen LogP contribution in [0.5, 0.6) is 5.75 Å². The predicted molar refractivity (Wildman–Crippen MR) is 181 cm³/mol. The van der Waals surface area contributed by atoms with Gasteiger partial charge in [-0.15, -0.1) is 0 Å². The maximum Gasteiger partial charge on any atom is 0.355 e. The third-order valence-corrected chi connectivity index (χ3v) is 8.70. The highest BCUT2D eigenvalue weighted by atomic mass is 16.6. The molecule has 0 saturated heterocycles. The molecule has 2 aliphatic heterocycles. The Balaban J connectivity index is 1.46. The second kappa shape index (κ2) is 15.6. The van der Waals surface area contributed by atoms with Gasteiger partial charge in [-0.2, -0.15) is 0 Å². The zero-order chi connectivity index (χ0) is 38.6. The topological polar surface area (TPSA) is 250 Å². The lowest BCUT2D eigenvalue weighted by Gasteiger charge is -2.35. The van der Waals surface area contributed by atoms with Gasteiger partial charge in [0.25, 0.3) is 5.56 Å². The van der Waals surface area contributed by atoms with Gasteiger partial charge >= 0.3 is 29.8 Å². The molecular weight excluding hydrogens is 698 g/mol. The number of esters is 3. The first-order valence-corrected chi connectivity index (χ1v) is 16.6. The van der Waals surface area contributed by atoms with Gasteiger partial charge in [-0.05, 0) is 44.8 Å². The molecule has 0 bridgehead atoms. The highest BCUT2D eigenvalue weighted by molar-refractivity contribution is 5.92. The molecule has 2 aromatic heterocycles. The van der Waals surface area contributed by atoms with Crippen molar-refractivity contribution >= 4 is 52.6 Å². The predicted octanol–water partition coefficient (Wildman–Crippen LogP) is 0.560. The summed E-state index contributed by atoms with van der Waals surface area (Å²) in [5.41, 5.74) is 0.340. The van der Waals surface area contributed by atoms with E-state index in [2.05, 4.69) is 10.6 Å². The number of carboxylic acids is 2. The molecule has 4 heterocycles. The number of cyclic esters (lactones) is 1. The molecule has 280 valence electrons. The van der Waals surface area contributed by atoms with Gasteiger partial charge in [0.15, 0.2) is 0 Å². The summed E-state index contributed by atoms with van der Waals surface area (Å²) in [7, 11) is 3.64. The number of carbonyl (C=O) groups is 7. The fourth-order valence-electron chi connectivity index (χ4n) is 6.20. The number of nitrogens with zero attached hydrogens (tertiary/aromatic N) is 3. The van der Waals surface area contributed by atoms with Crippen LogP contribution in [-0.2, 0) is 68.3 Å². The SMILES string of the molecule is CC[C@@]1(OC(=O)CCC(=O)NCC(=O)O)C(=O)OCc2c1cc1n(c2=O)Cc2cc3c(CN(C)C)c(OC(=O)CCC(=O)NCC(=O)O)ccc3nc2-1. The average Bonchev–Trinajstić information content (AvgIpc) is 3.47. The average molecular weight is 736 g/mol. The molecule has 1 atom stereocenters. The highest BCUT2D eigenvalue weighted by Crippen LogP contribution is 2.42. The summed E-state index contributed by atoms with van der Waals surface area (Å²) in [5.74, 6) is -6.08. The number of rotatable bonds is 15. The van der Waals surface area contributed by atoms with Crippen molar-refractivity contribution in [3.63, 3.8) is 0 Å². The van der Waals surface area contributed by atoms with Crippen molar-refractivity contribution in [1.29, 1.82) is 0 Å². The van der Waals surface area contributed by atoms with Crippen molar-refractivity contribution in [2.75, 3.05) is 27.2 Å². The number of aromatic nitrogens is 2. The summed E-state index contributed by atoms with van der Waals surface area (Å²) in [6, 6.07) is 6.63. The number of nitrogens with one attached hydrogen (secondary N) is 2. The number of fused-ring (bicyclic) bond motifs is 5. The minimum Gasteiger partial charge on any atom is -0.480 e. The van der Waals surface area contributed by atoms with Gasteiger partial charge in [0.1, 0.15) is 25.4 Å². The van der Waals surface area contributed by atoms with Crippen molar-refractivity contribution in [1.82, 2.24) is 25.1 Å². The van der Waals surface area contributed by atoms with E-state index >= 15 is 0 Å². The van der Waals surface area contributed by atoms with Gasteiger partial charge in [0.05, 0.1) is 41.9 Å². The van der Waals surface area contributed by atoms with Crippen LogP contribution in [0.15, 0.2) is 29.1 Å². The zero-order valence-electron chi connectivity index (χ0n) is 29.1. The molecule has 18 nitrogen and oxygen atoms in total. The Hall–Kier alpha value is -6.17. The summed E-state index contributed by atoms with van der Waals surface area (Å²) >= 11 is 0. The molecule has 4 N–H and O–H groups in total. The first-order valence-electron chi connectivity index (χ1n) is 16.6. The van der Waals surface area contributed by atoms with Crippen molar-refractivity contribution in [2.45, 2.75) is 64.3 Å². The molecule has 53 heavy (non-hydrogen) atoms. The monoisotopic (exact) mass is 735 g/mol. The van der Waals surface area contributed by atoms with E-state index in [9.17, 15) is 38.4 Å². The third-order valence-electron chi connectivity index (χ3n) is 8.70. The lowest BCUT2D eigenvalue weighted by atomic mass is 9.85. The Bertz CT molecular complexity index is 2110. The van der Waals surface area contributed by atoms with Crippen LogP contribution < -0.4 is 20.9 Å². The van der Waals surface area contributed by atoms with Crippen LogP contribution in [0.2, 0.25) is 0 Å². The van der Waals surface area contributed by atoms with Crippen LogP contribution >= 0.6 is 0 Å². The number of benzene rings is 1. The van der Waals surface area contributed by atoms with E-state index in [1.54, 1.807) is 25.1 Å². The quantitative estimate of drug-likeness (QED) is 0.0962. The summed E-state index contributed by atoms with van der Waals surface area (Å²) in [6.07, 6.45) is -1.52. The number of aliphatic carboxylic acids is 2. The van der Waals surface area contributed by atoms with Gasteiger partial charge < -0.3 is 44.5 Å². The van der Waals surface area contributed by atoms with Gasteiger partial charge in [0, 0.05) is 41.5 Å². The largest absolute Gasteiger partial charge is 0.480 e. The van der Waals surface area contributed by atoms with Crippen molar-refractivity contribution in [3.05, 3.63) is 56.9 Å². The van der Waals surface area contributed by atoms with E-state index in [0.29, 0.717) is 40.0 Å². The molecule has 0 unspecified atom stereocenters. The minimum absolute atomic E-state index is 0.0981. The first kappa shape index (κ1) is 38.1. The van der Waals surface area contributed by atoms with Crippen LogP contribution in [-0.4, -0.2) is 93.5 Å². The molecule has 18 heteroatoms. The summed E-state index contributed by atoms with van der Waals surface area (Å²) < 4.78 is 18.2. The molecule has 5 rings (SSSR count). The number of carboxylic acid groups (broad SMARTS) is 2. The Labute approximate surface area is 301 Å². The standard InChI is InChI=1S/C35H37N5O13/c1-4-35(53-31(48)10-8-27(42)37-14-29(45)46)22-12-24-32-18(15-40(24)33(49)21(22)17-51-34(35)50)11-19-20(16-39(2)3)25(6-5-23(19)38-32)52-30(47)9-7-26(41)36-13-28(43)44/h5-6,11-12H,4,7-10,13-17H2,1-3H3,(H,36,41)(H,37,42)(H,43,44)(H,45,46)/t35-/m0/s1. The van der Waals surface area contributed by atoms with Gasteiger partial charge in [-0.1, -0.05) is 6.92 Å². The molecule has 3 aromatic rings. The molecule has 2 amide bonds. The molecule has 0 spiro atoms. The number of amides is 2. The van der Waals surface area contributed by atoms with E-state index in [1.165, 1.54) is 4.57 Å². The van der Waals surface area contributed by atoms with Crippen LogP contribution in [0.1, 0.15) is 61.3 Å². The number of ether oxygens (including phenoxy) is 3. The van der Waals surface area contributed by atoms with Crippen LogP contribution in [0, 0.1) is 0 Å². The number of hydrogen-bond acceptors (Lipinski definition) is 13. The molecule has 0 saturated carbocycles. The number of carbonyl (C=O) groups excluding carboxylic acids is 5. The fourth-order valence-corrected chi connectivity index (χ4v) is 6.20. The highest BCUT2D eigenvalue weighted by Gasteiger charge is 2.50. The Morgan fingerprint density at radius 1 is 0.943 bits per heavy atom. The van der Waals surface area contributed by atoms with E-state index in [0.717, 1.165) is 0 Å². The lowest BCUT2D eigenvalue weighted by molar-refractivity contribution is -0.189. The van der Waals surface area contributed by atoms with Crippen LogP contribution in [0.4, 0.5) is 0 Å². The summed E-state index contributed by atoms with van der Waals surface area (Å²) in [6.45, 7) is 0.455. The Morgan fingerprint density at radius 3 is 2.19 bits per heavy atom. The maximum atomic E-state index is 14.0. The summed E-state index contributed by atoms with van der Waals surface area (Å²) in [5, 5.41) is 22.5. The van der Waals surface area contributed by atoms with E-state index < -0.39 is 78.8 Å². The molecular formula is C35H37N5O13. The van der Waals surface area contributed by atoms with Crippen molar-refractivity contribution < 1.29 is 58.0 Å². The molecule has 0 radical (unpaired) electrons. The lowest BCUT2D eigenvalue weighted by Crippen LogP contribution is -2.47. The van der Waals surface area contributed by atoms with E-state index in [1.807, 2.05) is 25.1 Å². The second-order valence-corrected chi connectivity index (χ2v) is 12.7. The second-order valence-electron chi connectivity index (χ2n) is 12.7. The normalized spacial score (nSPS) is 15.5. The summed E-state index contributed by atoms with van der Waals surface area (Å²) in [4.78, 5) is 105. The minimum atomic E-state index is -1.99. The maximum absolute atomic E-state index is 14.0. The Kier molecular flexibility index (Phi) is 11.2. The Morgan fingerprint density at radius 2 is 1.58 bits per heavy atom. The van der Waals surface area contributed by atoms with E-state index in [4.69, 9.17) is 29.4 Å². The zero-order valence-corrected chi connectivity index (χ0v) is 29.1. The van der Waals surface area contributed by atoms with Crippen molar-refractivity contribution in [3.8, 4) is 17.1 Å². The fraction of sp³-hybridized carbons (Fsp3) is 0.400. The molecule has 0 fully saturated rings.